The van der Waals surface area contributed by atoms with Gasteiger partial charge in [0.1, 0.15) is 11.9 Å². The number of amides is 2. The molecule has 0 aliphatic rings. The quantitative estimate of drug-likeness (QED) is 0.495. The first-order valence-electron chi connectivity index (χ1n) is 8.57. The lowest BCUT2D eigenvalue weighted by Crippen LogP contribution is -2.35. The molecule has 0 unspecified atom stereocenters. The molecule has 2 amide bonds. The molecule has 0 aliphatic carbocycles. The van der Waals surface area contributed by atoms with Gasteiger partial charge in [-0.25, -0.2) is 9.37 Å². The molecule has 0 saturated carbocycles. The van der Waals surface area contributed by atoms with Gasteiger partial charge in [-0.05, 0) is 36.8 Å². The fraction of sp³-hybridized carbons (Fsp3) is 0.158. The number of halogens is 1. The number of nitrogens with one attached hydrogen (secondary N) is 2. The van der Waals surface area contributed by atoms with Crippen LogP contribution in [0.15, 0.2) is 42.6 Å². The summed E-state index contributed by atoms with van der Waals surface area (Å²) in [6.45, 7) is 1.72. The van der Waals surface area contributed by atoms with Crippen LogP contribution in [0.1, 0.15) is 23.7 Å². The molecular formula is C19H19FN6O2. The molecule has 0 bridgehead atoms. The smallest absolute Gasteiger partial charge is 0.252 e. The minimum absolute atomic E-state index is 0.0546. The molecule has 28 heavy (non-hydrogen) atoms. The summed E-state index contributed by atoms with van der Waals surface area (Å²) in [5.74, 6) is -2.45. The molecule has 3 aromatic rings. The largest absolute Gasteiger partial charge is 0.368 e. The second kappa shape index (κ2) is 7.87. The average Bonchev–Trinajstić information content (AvgIpc) is 2.67. The monoisotopic (exact) mass is 382 g/mol. The maximum atomic E-state index is 14.4. The van der Waals surface area contributed by atoms with Crippen molar-refractivity contribution in [2.24, 2.45) is 11.5 Å². The van der Waals surface area contributed by atoms with Crippen LogP contribution in [0.25, 0.3) is 10.9 Å². The van der Waals surface area contributed by atoms with E-state index in [4.69, 9.17) is 11.5 Å². The van der Waals surface area contributed by atoms with E-state index in [0.717, 1.165) is 17.0 Å². The predicted octanol–water partition coefficient (Wildman–Crippen LogP) is 2.29. The molecule has 1 aromatic carbocycles. The number of carbonyl (C=O) groups is 2. The summed E-state index contributed by atoms with van der Waals surface area (Å²) in [5, 5.41) is 6.50. The molecule has 1 atom stereocenters. The first-order chi connectivity index (χ1) is 13.4. The van der Waals surface area contributed by atoms with Crippen molar-refractivity contribution in [2.45, 2.75) is 19.4 Å². The van der Waals surface area contributed by atoms with Crippen molar-refractivity contribution in [3.8, 4) is 0 Å². The van der Waals surface area contributed by atoms with Gasteiger partial charge in [0.15, 0.2) is 11.6 Å². The van der Waals surface area contributed by atoms with E-state index in [1.54, 1.807) is 31.3 Å². The van der Waals surface area contributed by atoms with Crippen LogP contribution in [-0.4, -0.2) is 27.8 Å². The van der Waals surface area contributed by atoms with Crippen LogP contribution in [0.5, 0.6) is 0 Å². The summed E-state index contributed by atoms with van der Waals surface area (Å²) >= 11 is 0. The number of hydrogen-bond acceptors (Lipinski definition) is 6. The van der Waals surface area contributed by atoms with Crippen molar-refractivity contribution in [3.05, 3.63) is 54.0 Å². The number of anilines is 3. The molecule has 0 aliphatic heterocycles. The Morgan fingerprint density at radius 2 is 1.96 bits per heavy atom. The van der Waals surface area contributed by atoms with Crippen molar-refractivity contribution < 1.29 is 14.0 Å². The van der Waals surface area contributed by atoms with E-state index in [2.05, 4.69) is 20.6 Å². The normalized spacial score (nSPS) is 11.8. The number of nitrogens with two attached hydrogens (primary N) is 2. The Hall–Kier alpha value is -3.75. The highest BCUT2D eigenvalue weighted by Crippen LogP contribution is 2.26. The minimum atomic E-state index is -0.843. The van der Waals surface area contributed by atoms with Crippen LogP contribution < -0.4 is 22.1 Å². The lowest BCUT2D eigenvalue weighted by atomic mass is 10.1. The van der Waals surface area contributed by atoms with E-state index in [-0.39, 0.29) is 17.2 Å². The third-order valence-electron chi connectivity index (χ3n) is 4.17. The summed E-state index contributed by atoms with van der Waals surface area (Å²) in [5.41, 5.74) is 11.9. The number of benzene rings is 1. The maximum Gasteiger partial charge on any atom is 0.252 e. The number of aromatic nitrogens is 2. The summed E-state index contributed by atoms with van der Waals surface area (Å²) in [6, 6.07) is 9.20. The molecule has 3 rings (SSSR count). The molecule has 0 saturated heterocycles. The summed E-state index contributed by atoms with van der Waals surface area (Å²) < 4.78 is 14.4. The van der Waals surface area contributed by atoms with Gasteiger partial charge in [0, 0.05) is 17.3 Å². The average molecular weight is 382 g/mol. The Morgan fingerprint density at radius 3 is 2.64 bits per heavy atom. The van der Waals surface area contributed by atoms with Crippen LogP contribution in [0.2, 0.25) is 0 Å². The summed E-state index contributed by atoms with van der Waals surface area (Å²) in [4.78, 5) is 31.5. The molecule has 2 heterocycles. The van der Waals surface area contributed by atoms with Crippen LogP contribution in [0, 0.1) is 5.82 Å². The maximum absolute atomic E-state index is 14.4. The zero-order valence-corrected chi connectivity index (χ0v) is 15.1. The second-order valence-corrected chi connectivity index (χ2v) is 6.12. The van der Waals surface area contributed by atoms with E-state index in [0.29, 0.717) is 12.1 Å². The molecule has 0 fully saturated rings. The summed E-state index contributed by atoms with van der Waals surface area (Å²) in [6.07, 6.45) is 2.03. The topological polar surface area (TPSA) is 136 Å². The van der Waals surface area contributed by atoms with Gasteiger partial charge in [-0.1, -0.05) is 13.0 Å². The van der Waals surface area contributed by atoms with Gasteiger partial charge < -0.3 is 22.1 Å². The number of nitrogens with zero attached hydrogens (tertiary/aromatic N) is 2. The minimum Gasteiger partial charge on any atom is -0.368 e. The molecule has 6 N–H and O–H groups in total. The van der Waals surface area contributed by atoms with Crippen molar-refractivity contribution in [1.29, 1.82) is 0 Å². The van der Waals surface area contributed by atoms with Crippen molar-refractivity contribution >= 4 is 40.0 Å². The Morgan fingerprint density at radius 1 is 1.18 bits per heavy atom. The number of primary amides is 2. The lowest BCUT2D eigenvalue weighted by Gasteiger charge is -2.17. The van der Waals surface area contributed by atoms with E-state index in [9.17, 15) is 14.0 Å². The predicted molar refractivity (Wildman–Crippen MR) is 105 cm³/mol. The molecule has 2 aromatic heterocycles. The second-order valence-electron chi connectivity index (χ2n) is 6.12. The number of hydrogen-bond donors (Lipinski definition) is 4. The highest BCUT2D eigenvalue weighted by molar-refractivity contribution is 5.99. The Kier molecular flexibility index (Phi) is 5.35. The third-order valence-corrected chi connectivity index (χ3v) is 4.17. The van der Waals surface area contributed by atoms with Crippen molar-refractivity contribution in [2.75, 3.05) is 10.6 Å². The zero-order chi connectivity index (χ0) is 20.3. The number of pyridine rings is 2. The fourth-order valence-electron chi connectivity index (χ4n) is 2.70. The fourth-order valence-corrected chi connectivity index (χ4v) is 2.70. The standard InChI is InChI=1S/C19H19FN6O2/c1-2-14(17(22)28)25-19-13(20)9-12(16(21)27)18(26-19)24-11-5-6-15-10(8-11)4-3-7-23-15/h3-9,14H,2H2,1H3,(H2,21,27)(H2,22,28)(H2,24,25,26)/t14-/m1/s1. The third kappa shape index (κ3) is 3.98. The van der Waals surface area contributed by atoms with Gasteiger partial charge in [0.2, 0.25) is 5.91 Å². The van der Waals surface area contributed by atoms with E-state index in [1.807, 2.05) is 12.1 Å². The van der Waals surface area contributed by atoms with Gasteiger partial charge in [-0.15, -0.1) is 0 Å². The zero-order valence-electron chi connectivity index (χ0n) is 15.1. The number of rotatable bonds is 7. The number of fused-ring (bicyclic) bond motifs is 1. The van der Waals surface area contributed by atoms with Crippen LogP contribution in [0.4, 0.5) is 21.7 Å². The SMILES string of the molecule is CC[C@@H](Nc1nc(Nc2ccc3ncccc3c2)c(C(N)=O)cc1F)C(N)=O. The van der Waals surface area contributed by atoms with Gasteiger partial charge in [-0.2, -0.15) is 0 Å². The molecule has 9 heteroatoms. The Bertz CT molecular complexity index is 1060. The molecule has 0 radical (unpaired) electrons. The Labute approximate surface area is 160 Å². The van der Waals surface area contributed by atoms with E-state index >= 15 is 0 Å². The lowest BCUT2D eigenvalue weighted by molar-refractivity contribution is -0.118. The van der Waals surface area contributed by atoms with E-state index < -0.39 is 23.7 Å². The first-order valence-corrected chi connectivity index (χ1v) is 8.57. The molecule has 0 spiro atoms. The van der Waals surface area contributed by atoms with Crippen LogP contribution >= 0.6 is 0 Å². The van der Waals surface area contributed by atoms with Gasteiger partial charge >= 0.3 is 0 Å². The molecule has 8 nitrogen and oxygen atoms in total. The number of carbonyl (C=O) groups excluding carboxylic acids is 2. The molecule has 144 valence electrons. The Balaban J connectivity index is 2.00. The van der Waals surface area contributed by atoms with Gasteiger partial charge in [0.25, 0.3) is 5.91 Å². The first kappa shape index (κ1) is 19.0. The summed E-state index contributed by atoms with van der Waals surface area (Å²) in [7, 11) is 0. The van der Waals surface area contributed by atoms with Gasteiger partial charge in [-0.3, -0.25) is 14.6 Å². The van der Waals surface area contributed by atoms with Crippen LogP contribution in [-0.2, 0) is 4.79 Å². The van der Waals surface area contributed by atoms with Crippen molar-refractivity contribution in [1.82, 2.24) is 9.97 Å². The highest BCUT2D eigenvalue weighted by atomic mass is 19.1. The van der Waals surface area contributed by atoms with Gasteiger partial charge in [0.05, 0.1) is 11.1 Å². The van der Waals surface area contributed by atoms with E-state index in [1.165, 1.54) is 0 Å². The highest BCUT2D eigenvalue weighted by Gasteiger charge is 2.20. The van der Waals surface area contributed by atoms with Crippen molar-refractivity contribution in [3.63, 3.8) is 0 Å². The molecular weight excluding hydrogens is 363 g/mol. The van der Waals surface area contributed by atoms with Crippen LogP contribution in [0.3, 0.4) is 0 Å².